The first-order valence-electron chi connectivity index (χ1n) is 5.50. The fourth-order valence-corrected chi connectivity index (χ4v) is 1.52. The van der Waals surface area contributed by atoms with Crippen molar-refractivity contribution in [3.8, 4) is 0 Å². The molecule has 1 heterocycles. The van der Waals surface area contributed by atoms with Crippen LogP contribution in [0.25, 0.3) is 0 Å². The zero-order valence-electron chi connectivity index (χ0n) is 10.3. The SMILES string of the molecule is C[n+]1ccc(C(=O)Nc2c(F)c(F)cc(F)c2F)cc1. The molecule has 1 N–H and O–H groups in total. The largest absolute Gasteiger partial charge is 0.317 e. The molecule has 0 saturated heterocycles. The number of rotatable bonds is 2. The van der Waals surface area contributed by atoms with Gasteiger partial charge in [0.05, 0.1) is 5.56 Å². The molecule has 2 aromatic rings. The minimum atomic E-state index is -1.65. The van der Waals surface area contributed by atoms with Crippen LogP contribution in [0.4, 0.5) is 23.2 Å². The van der Waals surface area contributed by atoms with E-state index in [9.17, 15) is 22.4 Å². The van der Waals surface area contributed by atoms with Crippen molar-refractivity contribution in [3.05, 3.63) is 59.4 Å². The van der Waals surface area contributed by atoms with Gasteiger partial charge < -0.3 is 5.32 Å². The molecule has 1 amide bonds. The summed E-state index contributed by atoms with van der Waals surface area (Å²) in [6.45, 7) is 0. The summed E-state index contributed by atoms with van der Waals surface area (Å²) in [6.07, 6.45) is 3.07. The van der Waals surface area contributed by atoms with Crippen LogP contribution in [0.15, 0.2) is 30.6 Å². The number of aromatic nitrogens is 1. The van der Waals surface area contributed by atoms with Crippen LogP contribution in [-0.2, 0) is 7.05 Å². The maximum absolute atomic E-state index is 13.4. The summed E-state index contributed by atoms with van der Waals surface area (Å²) in [4.78, 5) is 11.8. The summed E-state index contributed by atoms with van der Waals surface area (Å²) in [6, 6.07) is 2.85. The minimum Gasteiger partial charge on any atom is -0.317 e. The van der Waals surface area contributed by atoms with E-state index in [1.54, 1.807) is 11.6 Å². The molecule has 0 radical (unpaired) electrons. The summed E-state index contributed by atoms with van der Waals surface area (Å²) in [5.41, 5.74) is -1.06. The molecule has 0 fully saturated rings. The highest BCUT2D eigenvalue weighted by molar-refractivity contribution is 6.04. The predicted octanol–water partition coefficient (Wildman–Crippen LogP) is 2.32. The van der Waals surface area contributed by atoms with Crippen molar-refractivity contribution in [2.45, 2.75) is 0 Å². The van der Waals surface area contributed by atoms with E-state index in [0.29, 0.717) is 0 Å². The smallest absolute Gasteiger partial charge is 0.256 e. The lowest BCUT2D eigenvalue weighted by molar-refractivity contribution is -0.671. The molecular formula is C13H9F4N2O+. The Kier molecular flexibility index (Phi) is 3.69. The van der Waals surface area contributed by atoms with E-state index in [1.807, 2.05) is 5.32 Å². The average molecular weight is 285 g/mol. The lowest BCUT2D eigenvalue weighted by Gasteiger charge is -2.08. The molecule has 0 aliphatic carbocycles. The lowest BCUT2D eigenvalue weighted by atomic mass is 10.2. The quantitative estimate of drug-likeness (QED) is 0.513. The second-order valence-corrected chi connectivity index (χ2v) is 4.05. The van der Waals surface area contributed by atoms with Crippen LogP contribution in [0.1, 0.15) is 10.4 Å². The number of hydrogen-bond acceptors (Lipinski definition) is 1. The number of anilines is 1. The van der Waals surface area contributed by atoms with Gasteiger partial charge in [-0.05, 0) is 0 Å². The third-order valence-corrected chi connectivity index (χ3v) is 2.59. The normalized spacial score (nSPS) is 10.4. The third-order valence-electron chi connectivity index (χ3n) is 2.59. The summed E-state index contributed by atoms with van der Waals surface area (Å²) in [7, 11) is 1.71. The van der Waals surface area contributed by atoms with E-state index < -0.39 is 34.9 Å². The summed E-state index contributed by atoms with van der Waals surface area (Å²) >= 11 is 0. The standard InChI is InChI=1S/C13H8F4N2O/c1-19-4-2-7(3-5-19)13(20)18-12-10(16)8(14)6-9(15)11(12)17/h2-6H,1H3/p+1. The van der Waals surface area contributed by atoms with Gasteiger partial charge in [-0.3, -0.25) is 4.79 Å². The molecule has 0 atom stereocenters. The first kappa shape index (κ1) is 14.0. The fraction of sp³-hybridized carbons (Fsp3) is 0.0769. The van der Waals surface area contributed by atoms with Crippen molar-refractivity contribution in [1.29, 1.82) is 0 Å². The maximum atomic E-state index is 13.4. The second kappa shape index (κ2) is 5.28. The highest BCUT2D eigenvalue weighted by Gasteiger charge is 2.21. The van der Waals surface area contributed by atoms with E-state index in [-0.39, 0.29) is 11.6 Å². The number of amides is 1. The highest BCUT2D eigenvalue weighted by Crippen LogP contribution is 2.24. The number of carbonyl (C=O) groups is 1. The minimum absolute atomic E-state index is 0.0723. The number of hydrogen-bond donors (Lipinski definition) is 1. The molecule has 104 valence electrons. The van der Waals surface area contributed by atoms with Gasteiger partial charge in [0.1, 0.15) is 12.7 Å². The summed E-state index contributed by atoms with van der Waals surface area (Å²) in [5.74, 6) is -7.36. The Morgan fingerprint density at radius 1 is 1.05 bits per heavy atom. The summed E-state index contributed by atoms with van der Waals surface area (Å²) < 4.78 is 54.4. The van der Waals surface area contributed by atoms with Crippen LogP contribution < -0.4 is 9.88 Å². The van der Waals surface area contributed by atoms with Crippen LogP contribution in [0.3, 0.4) is 0 Å². The molecule has 0 spiro atoms. The van der Waals surface area contributed by atoms with Gasteiger partial charge in [-0.25, -0.2) is 22.1 Å². The Bertz CT molecular complexity index is 645. The molecule has 3 nitrogen and oxygen atoms in total. The zero-order valence-corrected chi connectivity index (χ0v) is 10.3. The van der Waals surface area contributed by atoms with Crippen molar-refractivity contribution in [3.63, 3.8) is 0 Å². The zero-order chi connectivity index (χ0) is 14.9. The number of carbonyl (C=O) groups excluding carboxylic acids is 1. The fourth-order valence-electron chi connectivity index (χ4n) is 1.52. The first-order chi connectivity index (χ1) is 9.40. The third kappa shape index (κ3) is 2.61. The van der Waals surface area contributed by atoms with Gasteiger partial charge in [0.15, 0.2) is 35.7 Å². The molecule has 0 aliphatic rings. The topological polar surface area (TPSA) is 33.0 Å². The van der Waals surface area contributed by atoms with E-state index in [1.165, 1.54) is 24.5 Å². The molecule has 20 heavy (non-hydrogen) atoms. The highest BCUT2D eigenvalue weighted by atomic mass is 19.2. The van der Waals surface area contributed by atoms with Crippen LogP contribution in [0.2, 0.25) is 0 Å². The van der Waals surface area contributed by atoms with Crippen molar-refractivity contribution in [1.82, 2.24) is 0 Å². The number of benzene rings is 1. The van der Waals surface area contributed by atoms with Gasteiger partial charge in [0, 0.05) is 18.2 Å². The van der Waals surface area contributed by atoms with Gasteiger partial charge in [0.2, 0.25) is 0 Å². The molecule has 0 aliphatic heterocycles. The van der Waals surface area contributed by atoms with Gasteiger partial charge in [0.25, 0.3) is 5.91 Å². The van der Waals surface area contributed by atoms with E-state index in [4.69, 9.17) is 0 Å². The van der Waals surface area contributed by atoms with E-state index >= 15 is 0 Å². The lowest BCUT2D eigenvalue weighted by Crippen LogP contribution is -2.27. The van der Waals surface area contributed by atoms with Crippen molar-refractivity contribution in [2.75, 3.05) is 5.32 Å². The Morgan fingerprint density at radius 3 is 2.05 bits per heavy atom. The first-order valence-corrected chi connectivity index (χ1v) is 5.50. The maximum Gasteiger partial charge on any atom is 0.256 e. The van der Waals surface area contributed by atoms with Gasteiger partial charge >= 0.3 is 0 Å². The van der Waals surface area contributed by atoms with Crippen molar-refractivity contribution < 1.29 is 26.9 Å². The molecule has 2 rings (SSSR count). The number of halogens is 4. The molecule has 0 bridgehead atoms. The Labute approximate surface area is 111 Å². The van der Waals surface area contributed by atoms with Gasteiger partial charge in [-0.1, -0.05) is 0 Å². The predicted molar refractivity (Wildman–Crippen MR) is 61.8 cm³/mol. The second-order valence-electron chi connectivity index (χ2n) is 4.05. The number of nitrogens with zero attached hydrogens (tertiary/aromatic N) is 1. The van der Waals surface area contributed by atoms with Gasteiger partial charge in [-0.15, -0.1) is 0 Å². The monoisotopic (exact) mass is 285 g/mol. The van der Waals surface area contributed by atoms with E-state index in [0.717, 1.165) is 0 Å². The van der Waals surface area contributed by atoms with Crippen LogP contribution in [0.5, 0.6) is 0 Å². The summed E-state index contributed by atoms with van der Waals surface area (Å²) in [5, 5.41) is 1.82. The molecule has 0 unspecified atom stereocenters. The molecule has 0 saturated carbocycles. The Balaban J connectivity index is 2.35. The van der Waals surface area contributed by atoms with Crippen LogP contribution in [-0.4, -0.2) is 5.91 Å². The molecule has 7 heteroatoms. The number of aryl methyl sites for hydroxylation is 1. The average Bonchev–Trinajstić information content (AvgIpc) is 2.42. The van der Waals surface area contributed by atoms with Crippen LogP contribution >= 0.6 is 0 Å². The Morgan fingerprint density at radius 2 is 1.55 bits per heavy atom. The van der Waals surface area contributed by atoms with Crippen molar-refractivity contribution in [2.24, 2.45) is 7.05 Å². The van der Waals surface area contributed by atoms with Crippen molar-refractivity contribution >= 4 is 11.6 Å². The molecule has 1 aromatic heterocycles. The molecule has 1 aromatic carbocycles. The van der Waals surface area contributed by atoms with Gasteiger partial charge in [-0.2, -0.15) is 0 Å². The Hall–Kier alpha value is -2.44. The van der Waals surface area contributed by atoms with E-state index in [2.05, 4.69) is 0 Å². The molecular weight excluding hydrogens is 276 g/mol. The number of nitrogens with one attached hydrogen (secondary N) is 1. The number of pyridine rings is 1. The van der Waals surface area contributed by atoms with Crippen LogP contribution in [0, 0.1) is 23.3 Å².